The molecule has 2 rings (SSSR count). The number of nitriles is 1. The lowest BCUT2D eigenvalue weighted by Gasteiger charge is -2.05. The van der Waals surface area contributed by atoms with Gasteiger partial charge in [0.1, 0.15) is 6.07 Å². The fourth-order valence-corrected chi connectivity index (χ4v) is 1.69. The van der Waals surface area contributed by atoms with Gasteiger partial charge in [0, 0.05) is 5.69 Å². The molecule has 0 unspecified atom stereocenters. The third kappa shape index (κ3) is 2.52. The zero-order valence-electron chi connectivity index (χ0n) is 9.11. The average Bonchev–Trinajstić information content (AvgIpc) is 2.78. The molecule has 6 heteroatoms. The van der Waals surface area contributed by atoms with Crippen molar-refractivity contribution in [1.29, 1.82) is 5.26 Å². The first-order chi connectivity index (χ1) is 8.60. The summed E-state index contributed by atoms with van der Waals surface area (Å²) in [5.41, 5.74) is 6.72. The first kappa shape index (κ1) is 12.2. The Bertz CT molecular complexity index is 643. The van der Waals surface area contributed by atoms with Crippen LogP contribution in [0.1, 0.15) is 16.1 Å². The molecule has 18 heavy (non-hydrogen) atoms. The highest BCUT2D eigenvalue weighted by molar-refractivity contribution is 9.10. The number of halogens is 1. The molecule has 0 saturated heterocycles. The van der Waals surface area contributed by atoms with Gasteiger partial charge >= 0.3 is 0 Å². The van der Waals surface area contributed by atoms with Crippen LogP contribution in [0, 0.1) is 11.3 Å². The van der Waals surface area contributed by atoms with Crippen molar-refractivity contribution >= 4 is 33.2 Å². The number of rotatable bonds is 2. The first-order valence-electron chi connectivity index (χ1n) is 4.96. The third-order valence-electron chi connectivity index (χ3n) is 2.21. The zero-order chi connectivity index (χ0) is 13.1. The van der Waals surface area contributed by atoms with Crippen LogP contribution >= 0.6 is 15.9 Å². The Morgan fingerprint density at radius 2 is 2.17 bits per heavy atom. The van der Waals surface area contributed by atoms with Gasteiger partial charge in [-0.3, -0.25) is 4.79 Å². The van der Waals surface area contributed by atoms with Crippen LogP contribution in [0.15, 0.2) is 39.4 Å². The second kappa shape index (κ2) is 4.94. The molecule has 0 radical (unpaired) electrons. The number of nitrogen functional groups attached to an aromatic ring is 1. The van der Waals surface area contributed by atoms with Gasteiger partial charge in [-0.05, 0) is 46.3 Å². The molecule has 0 saturated carbocycles. The molecule has 0 aliphatic rings. The van der Waals surface area contributed by atoms with Gasteiger partial charge in [0.05, 0.1) is 11.3 Å². The van der Waals surface area contributed by atoms with Crippen LogP contribution < -0.4 is 11.1 Å². The summed E-state index contributed by atoms with van der Waals surface area (Å²) in [4.78, 5) is 11.8. The van der Waals surface area contributed by atoms with E-state index >= 15 is 0 Å². The molecule has 1 heterocycles. The van der Waals surface area contributed by atoms with Crippen LogP contribution in [0.4, 0.5) is 11.4 Å². The van der Waals surface area contributed by atoms with E-state index in [0.717, 1.165) is 0 Å². The van der Waals surface area contributed by atoms with Crippen molar-refractivity contribution in [1.82, 2.24) is 0 Å². The van der Waals surface area contributed by atoms with Crippen molar-refractivity contribution in [3.05, 3.63) is 46.3 Å². The molecule has 90 valence electrons. The number of furan rings is 1. The summed E-state index contributed by atoms with van der Waals surface area (Å²) in [5.74, 6) is -0.274. The maximum absolute atomic E-state index is 11.8. The highest BCUT2D eigenvalue weighted by Crippen LogP contribution is 2.20. The maximum Gasteiger partial charge on any atom is 0.291 e. The van der Waals surface area contributed by atoms with Crippen LogP contribution in [0.3, 0.4) is 0 Å². The van der Waals surface area contributed by atoms with E-state index in [-0.39, 0.29) is 5.76 Å². The standard InChI is InChI=1S/C12H8BrN3O2/c13-11-4-3-10(18-11)12(17)16-9-2-1-8(15)5-7(9)6-14/h1-5H,15H2,(H,16,17). The molecule has 0 bridgehead atoms. The number of amides is 1. The summed E-state index contributed by atoms with van der Waals surface area (Å²) in [6.07, 6.45) is 0. The van der Waals surface area contributed by atoms with Crippen molar-refractivity contribution < 1.29 is 9.21 Å². The number of benzene rings is 1. The number of anilines is 2. The van der Waals surface area contributed by atoms with Crippen molar-refractivity contribution in [2.24, 2.45) is 0 Å². The van der Waals surface area contributed by atoms with Crippen LogP contribution in [-0.4, -0.2) is 5.91 Å². The van der Waals surface area contributed by atoms with E-state index < -0.39 is 5.91 Å². The van der Waals surface area contributed by atoms with E-state index in [0.29, 0.717) is 21.6 Å². The zero-order valence-corrected chi connectivity index (χ0v) is 10.7. The molecule has 0 fully saturated rings. The minimum absolute atomic E-state index is 0.155. The largest absolute Gasteiger partial charge is 0.444 e. The lowest BCUT2D eigenvalue weighted by atomic mass is 10.1. The normalized spacial score (nSPS) is 9.78. The van der Waals surface area contributed by atoms with E-state index in [1.54, 1.807) is 18.2 Å². The van der Waals surface area contributed by atoms with E-state index in [1.165, 1.54) is 12.1 Å². The highest BCUT2D eigenvalue weighted by Gasteiger charge is 2.12. The minimum atomic E-state index is -0.429. The van der Waals surface area contributed by atoms with Crippen LogP contribution in [0.2, 0.25) is 0 Å². The van der Waals surface area contributed by atoms with E-state index in [9.17, 15) is 4.79 Å². The summed E-state index contributed by atoms with van der Waals surface area (Å²) >= 11 is 3.11. The smallest absolute Gasteiger partial charge is 0.291 e. The number of nitrogens with zero attached hydrogens (tertiary/aromatic N) is 1. The van der Waals surface area contributed by atoms with Gasteiger partial charge in [-0.25, -0.2) is 0 Å². The van der Waals surface area contributed by atoms with Crippen molar-refractivity contribution in [2.75, 3.05) is 11.1 Å². The topological polar surface area (TPSA) is 92.0 Å². The molecule has 3 N–H and O–H groups in total. The van der Waals surface area contributed by atoms with E-state index in [2.05, 4.69) is 21.2 Å². The predicted octanol–water partition coefficient (Wildman–Crippen LogP) is 2.75. The van der Waals surface area contributed by atoms with Gasteiger partial charge in [-0.1, -0.05) is 0 Å². The minimum Gasteiger partial charge on any atom is -0.444 e. The molecule has 5 nitrogen and oxygen atoms in total. The molecular formula is C12H8BrN3O2. The monoisotopic (exact) mass is 305 g/mol. The Kier molecular flexibility index (Phi) is 3.35. The number of hydrogen-bond acceptors (Lipinski definition) is 4. The highest BCUT2D eigenvalue weighted by atomic mass is 79.9. The molecule has 1 aromatic heterocycles. The van der Waals surface area contributed by atoms with Gasteiger partial charge in [0.25, 0.3) is 5.91 Å². The molecule has 0 atom stereocenters. The second-order valence-electron chi connectivity index (χ2n) is 3.47. The van der Waals surface area contributed by atoms with Crippen molar-refractivity contribution in [3.63, 3.8) is 0 Å². The van der Waals surface area contributed by atoms with Crippen LogP contribution in [0.25, 0.3) is 0 Å². The van der Waals surface area contributed by atoms with Crippen molar-refractivity contribution in [2.45, 2.75) is 0 Å². The van der Waals surface area contributed by atoms with Gasteiger partial charge in [-0.15, -0.1) is 0 Å². The number of carbonyl (C=O) groups is 1. The molecule has 0 aliphatic heterocycles. The Morgan fingerprint density at radius 3 is 2.78 bits per heavy atom. The Balaban J connectivity index is 2.25. The van der Waals surface area contributed by atoms with Crippen LogP contribution in [-0.2, 0) is 0 Å². The molecular weight excluding hydrogens is 298 g/mol. The van der Waals surface area contributed by atoms with Gasteiger partial charge in [-0.2, -0.15) is 5.26 Å². The number of hydrogen-bond donors (Lipinski definition) is 2. The fourth-order valence-electron chi connectivity index (χ4n) is 1.38. The molecule has 1 amide bonds. The Hall–Kier alpha value is -2.26. The SMILES string of the molecule is N#Cc1cc(N)ccc1NC(=O)c1ccc(Br)o1. The summed E-state index contributed by atoms with van der Waals surface area (Å²) < 4.78 is 5.58. The van der Waals surface area contributed by atoms with Gasteiger partial charge < -0.3 is 15.5 Å². The van der Waals surface area contributed by atoms with Gasteiger partial charge in [0.2, 0.25) is 0 Å². The molecule has 1 aromatic carbocycles. The molecule has 0 spiro atoms. The fraction of sp³-hybridized carbons (Fsp3) is 0. The summed E-state index contributed by atoms with van der Waals surface area (Å²) in [7, 11) is 0. The lowest BCUT2D eigenvalue weighted by Crippen LogP contribution is -2.12. The molecule has 2 aromatic rings. The van der Waals surface area contributed by atoms with E-state index in [4.69, 9.17) is 15.4 Å². The summed E-state index contributed by atoms with van der Waals surface area (Å²) in [5, 5.41) is 11.5. The van der Waals surface area contributed by atoms with Gasteiger partial charge in [0.15, 0.2) is 10.4 Å². The number of carbonyl (C=O) groups excluding carboxylic acids is 1. The quantitative estimate of drug-likeness (QED) is 0.834. The summed E-state index contributed by atoms with van der Waals surface area (Å²) in [6, 6.07) is 9.78. The first-order valence-corrected chi connectivity index (χ1v) is 5.76. The Morgan fingerprint density at radius 1 is 1.39 bits per heavy atom. The maximum atomic E-state index is 11.8. The third-order valence-corrected chi connectivity index (χ3v) is 2.64. The van der Waals surface area contributed by atoms with Crippen LogP contribution in [0.5, 0.6) is 0 Å². The predicted molar refractivity (Wildman–Crippen MR) is 69.9 cm³/mol. The van der Waals surface area contributed by atoms with E-state index in [1.807, 2.05) is 6.07 Å². The average molecular weight is 306 g/mol. The van der Waals surface area contributed by atoms with Crippen molar-refractivity contribution in [3.8, 4) is 6.07 Å². The Labute approximate surface area is 111 Å². The molecule has 0 aliphatic carbocycles. The number of nitrogens with two attached hydrogens (primary N) is 1. The number of nitrogens with one attached hydrogen (secondary N) is 1. The lowest BCUT2D eigenvalue weighted by molar-refractivity contribution is 0.0995. The second-order valence-corrected chi connectivity index (χ2v) is 4.26. The summed E-state index contributed by atoms with van der Waals surface area (Å²) in [6.45, 7) is 0.